The maximum absolute atomic E-state index is 12.6. The Kier molecular flexibility index (Phi) is 5.17. The van der Waals surface area contributed by atoms with Gasteiger partial charge in [-0.25, -0.2) is 0 Å². The molecule has 4 nitrogen and oxygen atoms in total. The molecule has 1 aliphatic heterocycles. The highest BCUT2D eigenvalue weighted by Gasteiger charge is 2.59. The summed E-state index contributed by atoms with van der Waals surface area (Å²) < 4.78 is 5.74. The highest BCUT2D eigenvalue weighted by atomic mass is 16.6. The molecule has 4 rings (SSSR count). The van der Waals surface area contributed by atoms with Crippen LogP contribution in [-0.4, -0.2) is 36.4 Å². The van der Waals surface area contributed by atoms with Crippen LogP contribution in [-0.2, 0) is 9.53 Å². The van der Waals surface area contributed by atoms with Crippen LogP contribution in [0.5, 0.6) is 0 Å². The third kappa shape index (κ3) is 3.03. The normalized spacial score (nSPS) is 43.4. The molecule has 0 radical (unpaired) electrons. The van der Waals surface area contributed by atoms with Crippen LogP contribution >= 0.6 is 0 Å². The van der Waals surface area contributed by atoms with Crippen molar-refractivity contribution in [1.29, 1.82) is 0 Å². The van der Waals surface area contributed by atoms with Gasteiger partial charge in [0.25, 0.3) is 0 Å². The highest BCUT2D eigenvalue weighted by Crippen LogP contribution is 2.55. The van der Waals surface area contributed by atoms with Crippen LogP contribution in [0.1, 0.15) is 65.2 Å². The van der Waals surface area contributed by atoms with Crippen molar-refractivity contribution >= 4 is 5.97 Å². The van der Waals surface area contributed by atoms with E-state index < -0.39 is 6.10 Å². The van der Waals surface area contributed by atoms with E-state index in [-0.39, 0.29) is 29.3 Å². The first-order chi connectivity index (χ1) is 12.5. The van der Waals surface area contributed by atoms with Gasteiger partial charge in [-0.1, -0.05) is 44.8 Å². The zero-order chi connectivity index (χ0) is 18.3. The minimum atomic E-state index is -0.490. The van der Waals surface area contributed by atoms with Crippen LogP contribution in [0.25, 0.3) is 0 Å². The molecule has 4 aliphatic rings. The topological polar surface area (TPSA) is 58.6 Å². The van der Waals surface area contributed by atoms with Crippen molar-refractivity contribution in [1.82, 2.24) is 5.32 Å². The molecule has 1 saturated heterocycles. The van der Waals surface area contributed by atoms with E-state index in [4.69, 9.17) is 4.74 Å². The number of nitrogens with one attached hydrogen (secondary N) is 1. The van der Waals surface area contributed by atoms with Crippen molar-refractivity contribution in [2.75, 3.05) is 13.1 Å². The molecular formula is C22H35NO3. The molecule has 1 heterocycles. The summed E-state index contributed by atoms with van der Waals surface area (Å²) in [5.41, 5.74) is 1.11. The van der Waals surface area contributed by atoms with E-state index in [1.165, 1.54) is 37.7 Å². The second kappa shape index (κ2) is 7.27. The summed E-state index contributed by atoms with van der Waals surface area (Å²) in [7, 11) is 0. The summed E-state index contributed by atoms with van der Waals surface area (Å²) in [5, 5.41) is 14.9. The number of hydrogen-bond donors (Lipinski definition) is 2. The Morgan fingerprint density at radius 2 is 2.00 bits per heavy atom. The Morgan fingerprint density at radius 1 is 1.23 bits per heavy atom. The Morgan fingerprint density at radius 3 is 2.77 bits per heavy atom. The average molecular weight is 362 g/mol. The van der Waals surface area contributed by atoms with E-state index in [2.05, 4.69) is 25.2 Å². The minimum Gasteiger partial charge on any atom is -0.461 e. The molecule has 146 valence electrons. The smallest absolute Gasteiger partial charge is 0.311 e. The predicted molar refractivity (Wildman–Crippen MR) is 102 cm³/mol. The van der Waals surface area contributed by atoms with Gasteiger partial charge in [0.15, 0.2) is 0 Å². The molecule has 2 saturated carbocycles. The van der Waals surface area contributed by atoms with E-state index in [0.29, 0.717) is 12.5 Å². The summed E-state index contributed by atoms with van der Waals surface area (Å²) >= 11 is 0. The molecule has 4 heteroatoms. The fourth-order valence-corrected chi connectivity index (χ4v) is 6.13. The van der Waals surface area contributed by atoms with Crippen LogP contribution in [0, 0.1) is 29.1 Å². The highest BCUT2D eigenvalue weighted by molar-refractivity contribution is 5.76. The maximum atomic E-state index is 12.6. The lowest BCUT2D eigenvalue weighted by atomic mass is 9.55. The van der Waals surface area contributed by atoms with Crippen molar-refractivity contribution in [2.24, 2.45) is 29.1 Å². The molecule has 0 bridgehead atoms. The molecule has 6 unspecified atom stereocenters. The van der Waals surface area contributed by atoms with Crippen molar-refractivity contribution in [3.63, 3.8) is 0 Å². The van der Waals surface area contributed by atoms with E-state index in [0.717, 1.165) is 31.7 Å². The quantitative estimate of drug-likeness (QED) is 0.595. The van der Waals surface area contributed by atoms with Crippen LogP contribution in [0.3, 0.4) is 0 Å². The summed E-state index contributed by atoms with van der Waals surface area (Å²) in [5.74, 6) is 0.824. The molecule has 6 atom stereocenters. The Labute approximate surface area is 157 Å². The number of fused-ring (bicyclic) bond motifs is 2. The molecule has 0 spiro atoms. The minimum absolute atomic E-state index is 0.0657. The number of carbonyl (C=O) groups excluding carboxylic acids is 1. The van der Waals surface area contributed by atoms with Gasteiger partial charge in [-0.2, -0.15) is 0 Å². The van der Waals surface area contributed by atoms with Crippen molar-refractivity contribution < 1.29 is 14.6 Å². The van der Waals surface area contributed by atoms with Gasteiger partial charge in [-0.05, 0) is 44.1 Å². The van der Waals surface area contributed by atoms with Gasteiger partial charge in [0.05, 0.1) is 12.0 Å². The molecular weight excluding hydrogens is 326 g/mol. The Bertz CT molecular complexity index is 568. The number of allylic oxidation sites excluding steroid dienone is 1. The second-order valence-corrected chi connectivity index (χ2v) is 9.46. The SMILES string of the molecule is CC1CCC=C2CC3OC(=O)C(CNCC4CCCCC4)C3C(O)C21C. The second-order valence-electron chi connectivity index (χ2n) is 9.46. The molecule has 0 aromatic heterocycles. The third-order valence-corrected chi connectivity index (χ3v) is 8.09. The standard InChI is InChI=1S/C22H35NO3/c1-14-7-6-10-16-11-18-19(20(24)22(14,16)2)17(21(25)26-18)13-23-12-15-8-4-3-5-9-15/h10,14-15,17-20,23-24H,3-9,11-13H2,1-2H3. The van der Waals surface area contributed by atoms with Gasteiger partial charge >= 0.3 is 5.97 Å². The fourth-order valence-electron chi connectivity index (χ4n) is 6.13. The maximum Gasteiger partial charge on any atom is 0.311 e. The zero-order valence-corrected chi connectivity index (χ0v) is 16.4. The lowest BCUT2D eigenvalue weighted by molar-refractivity contribution is -0.144. The number of aliphatic hydroxyl groups excluding tert-OH is 1. The van der Waals surface area contributed by atoms with E-state index in [9.17, 15) is 9.90 Å². The predicted octanol–water partition coefficient (Wildman–Crippen LogP) is 3.44. The van der Waals surface area contributed by atoms with Crippen LogP contribution in [0.15, 0.2) is 11.6 Å². The first kappa shape index (κ1) is 18.5. The van der Waals surface area contributed by atoms with Crippen molar-refractivity contribution in [3.8, 4) is 0 Å². The van der Waals surface area contributed by atoms with Crippen molar-refractivity contribution in [3.05, 3.63) is 11.6 Å². The number of ether oxygens (including phenoxy) is 1. The summed E-state index contributed by atoms with van der Waals surface area (Å²) in [6, 6.07) is 0. The summed E-state index contributed by atoms with van der Waals surface area (Å²) in [6.45, 7) is 6.11. The van der Waals surface area contributed by atoms with Gasteiger partial charge in [-0.15, -0.1) is 0 Å². The summed E-state index contributed by atoms with van der Waals surface area (Å²) in [4.78, 5) is 12.6. The van der Waals surface area contributed by atoms with Gasteiger partial charge in [-0.3, -0.25) is 4.79 Å². The molecule has 0 amide bonds. The van der Waals surface area contributed by atoms with Crippen LogP contribution < -0.4 is 5.32 Å². The fraction of sp³-hybridized carbons (Fsp3) is 0.864. The Balaban J connectivity index is 1.44. The van der Waals surface area contributed by atoms with Crippen molar-refractivity contribution in [2.45, 2.75) is 77.4 Å². The largest absolute Gasteiger partial charge is 0.461 e. The monoisotopic (exact) mass is 361 g/mol. The molecule has 3 fully saturated rings. The van der Waals surface area contributed by atoms with E-state index in [1.54, 1.807) is 0 Å². The first-order valence-corrected chi connectivity index (χ1v) is 10.8. The van der Waals surface area contributed by atoms with Gasteiger partial charge in [0.2, 0.25) is 0 Å². The molecule has 0 aromatic rings. The van der Waals surface area contributed by atoms with E-state index in [1.807, 2.05) is 0 Å². The zero-order valence-electron chi connectivity index (χ0n) is 16.4. The van der Waals surface area contributed by atoms with Crippen LogP contribution in [0.2, 0.25) is 0 Å². The van der Waals surface area contributed by atoms with Gasteiger partial charge in [0.1, 0.15) is 6.10 Å². The molecule has 2 N–H and O–H groups in total. The number of rotatable bonds is 4. The molecule has 0 aromatic carbocycles. The first-order valence-electron chi connectivity index (χ1n) is 10.8. The number of esters is 1. The Hall–Kier alpha value is -0.870. The third-order valence-electron chi connectivity index (χ3n) is 8.09. The van der Waals surface area contributed by atoms with E-state index >= 15 is 0 Å². The van der Waals surface area contributed by atoms with Gasteiger partial charge < -0.3 is 15.2 Å². The number of hydrogen-bond acceptors (Lipinski definition) is 4. The van der Waals surface area contributed by atoms with Gasteiger partial charge in [0, 0.05) is 24.3 Å². The number of aliphatic hydroxyl groups is 1. The summed E-state index contributed by atoms with van der Waals surface area (Å²) in [6.07, 6.45) is 11.3. The molecule has 26 heavy (non-hydrogen) atoms. The average Bonchev–Trinajstić information content (AvgIpc) is 2.94. The lowest BCUT2D eigenvalue weighted by Gasteiger charge is -2.51. The molecule has 3 aliphatic carbocycles. The van der Waals surface area contributed by atoms with Crippen LogP contribution in [0.4, 0.5) is 0 Å². The lowest BCUT2D eigenvalue weighted by Crippen LogP contribution is -2.54. The number of carbonyl (C=O) groups is 1.